The van der Waals surface area contributed by atoms with E-state index >= 15 is 0 Å². The Hall–Kier alpha value is -1.10. The second kappa shape index (κ2) is 13.4. The number of methoxy groups -OCH3 is 1. The van der Waals surface area contributed by atoms with Crippen molar-refractivity contribution in [1.82, 2.24) is 20.0 Å². The van der Waals surface area contributed by atoms with Gasteiger partial charge in [-0.15, -0.1) is 24.0 Å². The molecule has 2 aliphatic heterocycles. The van der Waals surface area contributed by atoms with Gasteiger partial charge < -0.3 is 19.9 Å². The first kappa shape index (κ1) is 26.2. The van der Waals surface area contributed by atoms with Gasteiger partial charge in [0.05, 0.1) is 12.6 Å². The average Bonchev–Trinajstić information content (AvgIpc) is 2.78. The number of carbonyl (C=O) groups is 1. The van der Waals surface area contributed by atoms with Gasteiger partial charge in [0.15, 0.2) is 5.96 Å². The highest BCUT2D eigenvalue weighted by Crippen LogP contribution is 2.20. The van der Waals surface area contributed by atoms with Gasteiger partial charge in [0.25, 0.3) is 0 Å². The molecule has 3 rings (SSSR count). The highest BCUT2D eigenvalue weighted by molar-refractivity contribution is 14.0. The van der Waals surface area contributed by atoms with Crippen LogP contribution in [0.25, 0.3) is 0 Å². The number of piperazine rings is 1. The van der Waals surface area contributed by atoms with Gasteiger partial charge in [-0.2, -0.15) is 0 Å². The number of piperidine rings is 1. The number of aliphatic imine (C=N–C) groups is 1. The lowest BCUT2D eigenvalue weighted by atomic mass is 10.1. The van der Waals surface area contributed by atoms with E-state index < -0.39 is 0 Å². The second-order valence-electron chi connectivity index (χ2n) is 7.91. The molecule has 7 nitrogen and oxygen atoms in total. The van der Waals surface area contributed by atoms with Gasteiger partial charge in [0.2, 0.25) is 5.91 Å². The number of guanidine groups is 1. The van der Waals surface area contributed by atoms with E-state index in [2.05, 4.69) is 20.1 Å². The average molecular weight is 564 g/mol. The van der Waals surface area contributed by atoms with Crippen LogP contribution in [0.5, 0.6) is 0 Å². The molecule has 9 heteroatoms. The van der Waals surface area contributed by atoms with E-state index in [9.17, 15) is 4.79 Å². The Kier molecular flexibility index (Phi) is 11.3. The summed E-state index contributed by atoms with van der Waals surface area (Å²) in [5, 5.41) is 4.13. The number of rotatable bonds is 6. The number of likely N-dealkylation sites (tertiary alicyclic amines) is 1. The predicted octanol–water partition coefficient (Wildman–Crippen LogP) is 2.85. The molecular weight excluding hydrogens is 529 g/mol. The van der Waals surface area contributed by atoms with Crippen LogP contribution in [0.2, 0.25) is 5.02 Å². The molecule has 2 saturated heterocycles. The van der Waals surface area contributed by atoms with Crippen LogP contribution in [0.4, 0.5) is 0 Å². The maximum absolute atomic E-state index is 12.5. The number of benzene rings is 1. The molecule has 1 amide bonds. The Balaban J connectivity index is 0.00000341. The summed E-state index contributed by atoms with van der Waals surface area (Å²) in [4.78, 5) is 23.5. The molecule has 1 N–H and O–H groups in total. The van der Waals surface area contributed by atoms with Crippen LogP contribution >= 0.6 is 35.6 Å². The van der Waals surface area contributed by atoms with Crippen molar-refractivity contribution in [3.05, 3.63) is 34.9 Å². The molecule has 2 aliphatic rings. The van der Waals surface area contributed by atoms with E-state index in [0.29, 0.717) is 18.1 Å². The monoisotopic (exact) mass is 563 g/mol. The Morgan fingerprint density at radius 3 is 2.45 bits per heavy atom. The van der Waals surface area contributed by atoms with Crippen LogP contribution in [0.1, 0.15) is 30.9 Å². The van der Waals surface area contributed by atoms with Crippen molar-refractivity contribution in [1.29, 1.82) is 0 Å². The van der Waals surface area contributed by atoms with Gasteiger partial charge in [-0.05, 0) is 37.0 Å². The van der Waals surface area contributed by atoms with Crippen molar-refractivity contribution in [3.8, 4) is 0 Å². The molecule has 1 atom stereocenters. The molecule has 0 spiro atoms. The van der Waals surface area contributed by atoms with Crippen LogP contribution in [0, 0.1) is 0 Å². The minimum absolute atomic E-state index is 0. The van der Waals surface area contributed by atoms with E-state index in [4.69, 9.17) is 16.3 Å². The first-order valence-electron chi connectivity index (χ1n) is 10.8. The lowest BCUT2D eigenvalue weighted by molar-refractivity contribution is -0.133. The lowest BCUT2D eigenvalue weighted by Gasteiger charge is -2.37. The van der Waals surface area contributed by atoms with Crippen molar-refractivity contribution in [2.24, 2.45) is 4.99 Å². The first-order valence-corrected chi connectivity index (χ1v) is 11.2. The summed E-state index contributed by atoms with van der Waals surface area (Å²) >= 11 is 6.12. The van der Waals surface area contributed by atoms with Crippen LogP contribution in [-0.4, -0.2) is 93.1 Å². The highest BCUT2D eigenvalue weighted by Gasteiger charge is 2.24. The molecule has 0 saturated carbocycles. The number of carbonyl (C=O) groups excluding carboxylic acids is 1. The smallest absolute Gasteiger partial charge is 0.236 e. The molecule has 0 bridgehead atoms. The first-order chi connectivity index (χ1) is 14.6. The third-order valence-electron chi connectivity index (χ3n) is 5.90. The number of hydrogen-bond donors (Lipinski definition) is 1. The standard InChI is InChI=1S/C22H34ClN5O2.HI/c1-24-22(25-16-20(30-2)18-7-6-8-19(23)15-18)28-13-11-26(12-14-28)17-21(29)27-9-4-3-5-10-27;/h6-8,15,20H,3-5,9-14,16-17H2,1-2H3,(H,24,25);1H. The molecule has 174 valence electrons. The zero-order chi connectivity index (χ0) is 21.3. The summed E-state index contributed by atoms with van der Waals surface area (Å²) in [6.45, 7) is 6.40. The fourth-order valence-corrected chi connectivity index (χ4v) is 4.31. The van der Waals surface area contributed by atoms with E-state index in [1.165, 1.54) is 6.42 Å². The maximum Gasteiger partial charge on any atom is 0.236 e. The fraction of sp³-hybridized carbons (Fsp3) is 0.636. The minimum Gasteiger partial charge on any atom is -0.375 e. The second-order valence-corrected chi connectivity index (χ2v) is 8.35. The number of amides is 1. The molecule has 1 aromatic rings. The molecule has 0 aliphatic carbocycles. The quantitative estimate of drug-likeness (QED) is 0.328. The number of hydrogen-bond acceptors (Lipinski definition) is 4. The van der Waals surface area contributed by atoms with Crippen molar-refractivity contribution in [3.63, 3.8) is 0 Å². The minimum atomic E-state index is -0.107. The molecule has 2 heterocycles. The molecule has 0 aromatic heterocycles. The van der Waals surface area contributed by atoms with Crippen LogP contribution in [0.15, 0.2) is 29.3 Å². The van der Waals surface area contributed by atoms with Crippen molar-refractivity contribution in [2.75, 3.05) is 66.5 Å². The molecule has 1 unspecified atom stereocenters. The molecule has 0 radical (unpaired) electrons. The van der Waals surface area contributed by atoms with Crippen molar-refractivity contribution >= 4 is 47.4 Å². The predicted molar refractivity (Wildman–Crippen MR) is 136 cm³/mol. The van der Waals surface area contributed by atoms with E-state index in [1.54, 1.807) is 14.2 Å². The number of nitrogens with one attached hydrogen (secondary N) is 1. The molecule has 1 aromatic carbocycles. The maximum atomic E-state index is 12.5. The Morgan fingerprint density at radius 1 is 1.13 bits per heavy atom. The highest BCUT2D eigenvalue weighted by atomic mass is 127. The van der Waals surface area contributed by atoms with Gasteiger partial charge in [-0.25, -0.2) is 0 Å². The summed E-state index contributed by atoms with van der Waals surface area (Å²) in [5.74, 6) is 1.14. The normalized spacial score (nSPS) is 19.0. The number of halogens is 2. The molecule has 31 heavy (non-hydrogen) atoms. The number of ether oxygens (including phenoxy) is 1. The summed E-state index contributed by atoms with van der Waals surface area (Å²) in [6, 6.07) is 7.74. The van der Waals surface area contributed by atoms with Gasteiger partial charge in [0, 0.05) is 65.0 Å². The zero-order valence-corrected chi connectivity index (χ0v) is 21.6. The van der Waals surface area contributed by atoms with E-state index in [0.717, 1.165) is 63.6 Å². The molecular formula is C22H35ClIN5O2. The summed E-state index contributed by atoms with van der Waals surface area (Å²) in [5.41, 5.74) is 1.04. The third kappa shape index (κ3) is 7.76. The summed E-state index contributed by atoms with van der Waals surface area (Å²) in [7, 11) is 3.50. The van der Waals surface area contributed by atoms with Crippen molar-refractivity contribution < 1.29 is 9.53 Å². The van der Waals surface area contributed by atoms with Gasteiger partial charge in [-0.1, -0.05) is 23.7 Å². The van der Waals surface area contributed by atoms with Crippen molar-refractivity contribution in [2.45, 2.75) is 25.4 Å². The third-order valence-corrected chi connectivity index (χ3v) is 6.14. The van der Waals surface area contributed by atoms with Crippen LogP contribution in [0.3, 0.4) is 0 Å². The Morgan fingerprint density at radius 2 is 1.84 bits per heavy atom. The SMILES string of the molecule is CN=C(NCC(OC)c1cccc(Cl)c1)N1CCN(CC(=O)N2CCCCC2)CC1.I. The van der Waals surface area contributed by atoms with Gasteiger partial charge in [0.1, 0.15) is 0 Å². The van der Waals surface area contributed by atoms with Crippen LogP contribution < -0.4 is 5.32 Å². The Labute approximate surface area is 208 Å². The Bertz CT molecular complexity index is 722. The summed E-state index contributed by atoms with van der Waals surface area (Å²) in [6.07, 6.45) is 3.41. The fourth-order valence-electron chi connectivity index (χ4n) is 4.11. The van der Waals surface area contributed by atoms with E-state index in [-0.39, 0.29) is 36.0 Å². The van der Waals surface area contributed by atoms with Gasteiger partial charge >= 0.3 is 0 Å². The van der Waals surface area contributed by atoms with Crippen LogP contribution in [-0.2, 0) is 9.53 Å². The molecule has 2 fully saturated rings. The summed E-state index contributed by atoms with van der Waals surface area (Å²) < 4.78 is 5.65. The largest absolute Gasteiger partial charge is 0.375 e. The van der Waals surface area contributed by atoms with E-state index in [1.807, 2.05) is 29.2 Å². The topological polar surface area (TPSA) is 60.4 Å². The zero-order valence-electron chi connectivity index (χ0n) is 18.6. The lowest BCUT2D eigenvalue weighted by Crippen LogP contribution is -2.54. The van der Waals surface area contributed by atoms with Gasteiger partial charge in [-0.3, -0.25) is 14.7 Å². The number of nitrogens with zero attached hydrogens (tertiary/aromatic N) is 4.